The average Bonchev–Trinajstić information content (AvgIpc) is 2.36. The highest BCUT2D eigenvalue weighted by atomic mass is 15.1. The molecule has 0 spiro atoms. The Bertz CT molecular complexity index is 316. The fraction of sp³-hybridized carbons (Fsp3) is 0.625. The van der Waals surface area contributed by atoms with Gasteiger partial charge in [-0.1, -0.05) is 45.0 Å². The number of aryl methyl sites for hydroxylation is 1. The number of hydrogen-bond acceptors (Lipinski definition) is 2. The van der Waals surface area contributed by atoms with E-state index in [1.807, 2.05) is 0 Å². The third-order valence-corrected chi connectivity index (χ3v) is 3.14. The van der Waals surface area contributed by atoms with Gasteiger partial charge in [-0.3, -0.25) is 4.90 Å². The van der Waals surface area contributed by atoms with Crippen molar-refractivity contribution in [2.24, 2.45) is 11.7 Å². The van der Waals surface area contributed by atoms with Gasteiger partial charge in [-0.05, 0) is 43.0 Å². The number of nitrogens with two attached hydrogens (primary N) is 1. The molecular formula is C16H28N2. The van der Waals surface area contributed by atoms with E-state index >= 15 is 0 Å². The van der Waals surface area contributed by atoms with Crippen LogP contribution in [0.3, 0.4) is 0 Å². The lowest BCUT2D eigenvalue weighted by Crippen LogP contribution is -2.29. The maximum Gasteiger partial charge on any atom is 0.0233 e. The van der Waals surface area contributed by atoms with Gasteiger partial charge < -0.3 is 5.73 Å². The Labute approximate surface area is 112 Å². The van der Waals surface area contributed by atoms with Crippen molar-refractivity contribution in [3.8, 4) is 0 Å². The van der Waals surface area contributed by atoms with Crippen molar-refractivity contribution in [2.75, 3.05) is 19.6 Å². The highest BCUT2D eigenvalue weighted by Crippen LogP contribution is 2.10. The summed E-state index contributed by atoms with van der Waals surface area (Å²) < 4.78 is 0. The molecule has 0 bridgehead atoms. The van der Waals surface area contributed by atoms with Crippen LogP contribution in [-0.4, -0.2) is 24.5 Å². The first-order chi connectivity index (χ1) is 8.65. The van der Waals surface area contributed by atoms with Gasteiger partial charge in [-0.2, -0.15) is 0 Å². The molecule has 102 valence electrons. The van der Waals surface area contributed by atoms with Crippen LogP contribution in [0.2, 0.25) is 0 Å². The SMILES string of the molecule is CCc1ccc(CN(CCCN)CC(C)C)cc1. The Balaban J connectivity index is 2.56. The lowest BCUT2D eigenvalue weighted by molar-refractivity contribution is 0.234. The largest absolute Gasteiger partial charge is 0.330 e. The van der Waals surface area contributed by atoms with Gasteiger partial charge in [-0.15, -0.1) is 0 Å². The van der Waals surface area contributed by atoms with E-state index in [1.54, 1.807) is 0 Å². The molecule has 0 fully saturated rings. The Morgan fingerprint density at radius 2 is 1.72 bits per heavy atom. The Hall–Kier alpha value is -0.860. The van der Waals surface area contributed by atoms with E-state index in [0.717, 1.165) is 39.0 Å². The molecule has 0 aromatic heterocycles. The summed E-state index contributed by atoms with van der Waals surface area (Å²) in [5.74, 6) is 0.706. The summed E-state index contributed by atoms with van der Waals surface area (Å²) in [4.78, 5) is 2.51. The molecule has 2 N–H and O–H groups in total. The first-order valence-electron chi connectivity index (χ1n) is 7.16. The zero-order valence-corrected chi connectivity index (χ0v) is 12.2. The van der Waals surface area contributed by atoms with Crippen molar-refractivity contribution in [3.05, 3.63) is 35.4 Å². The molecule has 1 aromatic carbocycles. The maximum absolute atomic E-state index is 5.61. The van der Waals surface area contributed by atoms with Crippen LogP contribution < -0.4 is 5.73 Å². The van der Waals surface area contributed by atoms with Crippen molar-refractivity contribution in [1.82, 2.24) is 4.90 Å². The summed E-state index contributed by atoms with van der Waals surface area (Å²) in [5.41, 5.74) is 8.43. The van der Waals surface area contributed by atoms with E-state index in [-0.39, 0.29) is 0 Å². The molecule has 0 unspecified atom stereocenters. The average molecular weight is 248 g/mol. The van der Waals surface area contributed by atoms with Crippen LogP contribution in [-0.2, 0) is 13.0 Å². The van der Waals surface area contributed by atoms with Crippen molar-refractivity contribution in [1.29, 1.82) is 0 Å². The smallest absolute Gasteiger partial charge is 0.0233 e. The van der Waals surface area contributed by atoms with E-state index in [1.165, 1.54) is 11.1 Å². The van der Waals surface area contributed by atoms with Crippen molar-refractivity contribution >= 4 is 0 Å². The molecule has 0 radical (unpaired) electrons. The van der Waals surface area contributed by atoms with Crippen molar-refractivity contribution < 1.29 is 0 Å². The molecular weight excluding hydrogens is 220 g/mol. The predicted molar refractivity (Wildman–Crippen MR) is 79.6 cm³/mol. The molecule has 2 nitrogen and oxygen atoms in total. The lowest BCUT2D eigenvalue weighted by Gasteiger charge is -2.24. The van der Waals surface area contributed by atoms with Crippen LogP contribution >= 0.6 is 0 Å². The Kier molecular flexibility index (Phi) is 6.99. The molecule has 2 heteroatoms. The van der Waals surface area contributed by atoms with Gasteiger partial charge in [-0.25, -0.2) is 0 Å². The zero-order valence-electron chi connectivity index (χ0n) is 12.2. The van der Waals surface area contributed by atoms with Crippen LogP contribution in [0.5, 0.6) is 0 Å². The second-order valence-electron chi connectivity index (χ2n) is 5.44. The van der Waals surface area contributed by atoms with Crippen LogP contribution in [0.4, 0.5) is 0 Å². The molecule has 0 aliphatic heterocycles. The Morgan fingerprint density at radius 1 is 1.11 bits per heavy atom. The van der Waals surface area contributed by atoms with Gasteiger partial charge in [0.25, 0.3) is 0 Å². The van der Waals surface area contributed by atoms with Crippen LogP contribution in [0, 0.1) is 5.92 Å². The quantitative estimate of drug-likeness (QED) is 0.766. The molecule has 0 aliphatic carbocycles. The topological polar surface area (TPSA) is 29.3 Å². The van der Waals surface area contributed by atoms with E-state index < -0.39 is 0 Å². The summed E-state index contributed by atoms with van der Waals surface area (Å²) in [6.45, 7) is 10.8. The minimum atomic E-state index is 0.706. The van der Waals surface area contributed by atoms with Crippen LogP contribution in [0.1, 0.15) is 38.3 Å². The summed E-state index contributed by atoms with van der Waals surface area (Å²) in [5, 5.41) is 0. The van der Waals surface area contributed by atoms with Gasteiger partial charge in [0.15, 0.2) is 0 Å². The molecule has 0 saturated heterocycles. The number of rotatable bonds is 8. The maximum atomic E-state index is 5.61. The lowest BCUT2D eigenvalue weighted by atomic mass is 10.1. The first kappa shape index (κ1) is 15.2. The van der Waals surface area contributed by atoms with E-state index in [0.29, 0.717) is 5.92 Å². The predicted octanol–water partition coefficient (Wildman–Crippen LogP) is 3.06. The van der Waals surface area contributed by atoms with Crippen LogP contribution in [0.25, 0.3) is 0 Å². The second kappa shape index (κ2) is 8.28. The molecule has 0 atom stereocenters. The number of hydrogen-bond donors (Lipinski definition) is 1. The second-order valence-corrected chi connectivity index (χ2v) is 5.44. The van der Waals surface area contributed by atoms with Gasteiger partial charge >= 0.3 is 0 Å². The van der Waals surface area contributed by atoms with E-state index in [4.69, 9.17) is 5.73 Å². The molecule has 1 aromatic rings. The first-order valence-corrected chi connectivity index (χ1v) is 7.16. The van der Waals surface area contributed by atoms with Gasteiger partial charge in [0.05, 0.1) is 0 Å². The van der Waals surface area contributed by atoms with Crippen LogP contribution in [0.15, 0.2) is 24.3 Å². The third-order valence-electron chi connectivity index (χ3n) is 3.14. The fourth-order valence-electron chi connectivity index (χ4n) is 2.20. The molecule has 0 aliphatic rings. The summed E-state index contributed by atoms with van der Waals surface area (Å²) in [7, 11) is 0. The third kappa shape index (κ3) is 5.65. The van der Waals surface area contributed by atoms with Gasteiger partial charge in [0, 0.05) is 13.1 Å². The molecule has 0 saturated carbocycles. The number of benzene rings is 1. The molecule has 0 heterocycles. The normalized spacial score (nSPS) is 11.4. The minimum absolute atomic E-state index is 0.706. The van der Waals surface area contributed by atoms with Crippen molar-refractivity contribution in [3.63, 3.8) is 0 Å². The summed E-state index contributed by atoms with van der Waals surface area (Å²) in [6.07, 6.45) is 2.20. The molecule has 18 heavy (non-hydrogen) atoms. The summed E-state index contributed by atoms with van der Waals surface area (Å²) >= 11 is 0. The number of nitrogens with zero attached hydrogens (tertiary/aromatic N) is 1. The highest BCUT2D eigenvalue weighted by molar-refractivity contribution is 5.22. The standard InChI is InChI=1S/C16H28N2/c1-4-15-6-8-16(9-7-15)13-18(11-5-10-17)12-14(2)3/h6-9,14H,4-5,10-13,17H2,1-3H3. The van der Waals surface area contributed by atoms with Gasteiger partial charge in [0.1, 0.15) is 0 Å². The van der Waals surface area contributed by atoms with E-state index in [9.17, 15) is 0 Å². The highest BCUT2D eigenvalue weighted by Gasteiger charge is 2.07. The van der Waals surface area contributed by atoms with Crippen molar-refractivity contribution in [2.45, 2.75) is 40.2 Å². The monoisotopic (exact) mass is 248 g/mol. The zero-order chi connectivity index (χ0) is 13.4. The van der Waals surface area contributed by atoms with E-state index in [2.05, 4.69) is 49.9 Å². The Morgan fingerprint density at radius 3 is 2.22 bits per heavy atom. The fourth-order valence-corrected chi connectivity index (χ4v) is 2.20. The molecule has 1 rings (SSSR count). The summed E-state index contributed by atoms with van der Waals surface area (Å²) in [6, 6.07) is 9.00. The van der Waals surface area contributed by atoms with Gasteiger partial charge in [0.2, 0.25) is 0 Å². The molecule has 0 amide bonds. The minimum Gasteiger partial charge on any atom is -0.330 e.